The van der Waals surface area contributed by atoms with E-state index in [1.165, 1.54) is 30.6 Å². The first-order chi connectivity index (χ1) is 14.5. The monoisotopic (exact) mass is 402 g/mol. The average Bonchev–Trinajstić information content (AvgIpc) is 3.45. The topological polar surface area (TPSA) is 66.5 Å². The molecule has 2 fully saturated rings. The smallest absolute Gasteiger partial charge is 0.261 e. The zero-order chi connectivity index (χ0) is 20.8. The van der Waals surface area contributed by atoms with Gasteiger partial charge in [-0.2, -0.15) is 0 Å². The maximum absolute atomic E-state index is 12.9. The van der Waals surface area contributed by atoms with Gasteiger partial charge < -0.3 is 5.32 Å². The fourth-order valence-electron chi connectivity index (χ4n) is 5.68. The second kappa shape index (κ2) is 7.38. The lowest BCUT2D eigenvalue weighted by Crippen LogP contribution is -2.40. The van der Waals surface area contributed by atoms with Gasteiger partial charge in [0.25, 0.3) is 17.7 Å². The fraction of sp³-hybridized carbons (Fsp3) is 0.400. The zero-order valence-corrected chi connectivity index (χ0v) is 17.1. The van der Waals surface area contributed by atoms with Crippen LogP contribution in [0.4, 0.5) is 0 Å². The Morgan fingerprint density at radius 1 is 1.03 bits per heavy atom. The molecule has 30 heavy (non-hydrogen) atoms. The summed E-state index contributed by atoms with van der Waals surface area (Å²) in [5.41, 5.74) is 2.22. The predicted molar refractivity (Wildman–Crippen MR) is 113 cm³/mol. The maximum atomic E-state index is 12.9. The molecule has 2 aromatic carbocycles. The highest BCUT2D eigenvalue weighted by Gasteiger charge is 2.42. The van der Waals surface area contributed by atoms with E-state index >= 15 is 0 Å². The van der Waals surface area contributed by atoms with Crippen LogP contribution in [0, 0.1) is 17.8 Å². The van der Waals surface area contributed by atoms with Crippen molar-refractivity contribution < 1.29 is 14.4 Å². The number of rotatable bonds is 5. The Balaban J connectivity index is 1.27. The third-order valence-corrected chi connectivity index (χ3v) is 7.20. The van der Waals surface area contributed by atoms with Gasteiger partial charge in [-0.05, 0) is 73.8 Å². The number of fused-ring (bicyclic) bond motifs is 3. The van der Waals surface area contributed by atoms with E-state index in [0.717, 1.165) is 17.4 Å². The van der Waals surface area contributed by atoms with E-state index in [-0.39, 0.29) is 30.3 Å². The summed E-state index contributed by atoms with van der Waals surface area (Å²) >= 11 is 0. The molecule has 0 aromatic heterocycles. The van der Waals surface area contributed by atoms with Crippen molar-refractivity contribution in [3.63, 3.8) is 0 Å². The summed E-state index contributed by atoms with van der Waals surface area (Å²) in [5, 5.41) is 3.19. The molecule has 154 valence electrons. The van der Waals surface area contributed by atoms with E-state index in [1.54, 1.807) is 36.4 Å². The standard InChI is InChI=1S/C25H26N2O3/c1-15(22-13-16-9-10-18(22)11-16)26-23(28)19-6-4-5-17(12-19)14-27-24(29)20-7-2-3-8-21(20)25(27)30/h2-8,12,15-16,18,22H,9-11,13-14H2,1H3,(H,26,28). The van der Waals surface area contributed by atoms with Crippen molar-refractivity contribution in [1.29, 1.82) is 0 Å². The number of amides is 3. The van der Waals surface area contributed by atoms with E-state index in [0.29, 0.717) is 22.6 Å². The SMILES string of the molecule is CC(NC(=O)c1cccc(CN2C(=O)c3ccccc3C2=O)c1)C1CC2CCC1C2. The average molecular weight is 402 g/mol. The molecule has 2 aromatic rings. The molecule has 1 heterocycles. The Labute approximate surface area is 176 Å². The van der Waals surface area contributed by atoms with Gasteiger partial charge in [-0.15, -0.1) is 0 Å². The minimum Gasteiger partial charge on any atom is -0.349 e. The third-order valence-electron chi connectivity index (χ3n) is 7.20. The molecule has 0 saturated heterocycles. The zero-order valence-electron chi connectivity index (χ0n) is 17.1. The summed E-state index contributed by atoms with van der Waals surface area (Å²) < 4.78 is 0. The number of carbonyl (C=O) groups excluding carboxylic acids is 3. The summed E-state index contributed by atoms with van der Waals surface area (Å²) in [6.07, 6.45) is 5.19. The van der Waals surface area contributed by atoms with Gasteiger partial charge in [-0.25, -0.2) is 0 Å². The van der Waals surface area contributed by atoms with Crippen LogP contribution in [0.3, 0.4) is 0 Å². The van der Waals surface area contributed by atoms with E-state index in [1.807, 2.05) is 12.1 Å². The summed E-state index contributed by atoms with van der Waals surface area (Å²) in [6.45, 7) is 2.28. The molecule has 2 bridgehead atoms. The molecule has 0 spiro atoms. The first kappa shape index (κ1) is 19.0. The Hall–Kier alpha value is -2.95. The van der Waals surface area contributed by atoms with Crippen LogP contribution in [-0.4, -0.2) is 28.7 Å². The Bertz CT molecular complexity index is 996. The lowest BCUT2D eigenvalue weighted by atomic mass is 9.84. The minimum absolute atomic E-state index is 0.0884. The largest absolute Gasteiger partial charge is 0.349 e. The van der Waals surface area contributed by atoms with Gasteiger partial charge in [0, 0.05) is 11.6 Å². The summed E-state index contributed by atoms with van der Waals surface area (Å²) in [6, 6.07) is 14.3. The highest BCUT2D eigenvalue weighted by molar-refractivity contribution is 6.21. The van der Waals surface area contributed by atoms with Crippen molar-refractivity contribution in [2.45, 2.75) is 45.2 Å². The van der Waals surface area contributed by atoms with Gasteiger partial charge in [0.15, 0.2) is 0 Å². The number of imide groups is 1. The lowest BCUT2D eigenvalue weighted by Gasteiger charge is -2.28. The molecule has 2 aliphatic carbocycles. The molecule has 4 atom stereocenters. The predicted octanol–water partition coefficient (Wildman–Crippen LogP) is 4.04. The van der Waals surface area contributed by atoms with Crippen LogP contribution in [0.2, 0.25) is 0 Å². The summed E-state index contributed by atoms with van der Waals surface area (Å²) in [4.78, 5) is 39.3. The Kier molecular flexibility index (Phi) is 4.69. The van der Waals surface area contributed by atoms with Crippen molar-refractivity contribution in [3.05, 3.63) is 70.8 Å². The third kappa shape index (κ3) is 3.22. The normalized spacial score (nSPS) is 25.5. The van der Waals surface area contributed by atoms with Crippen LogP contribution in [0.15, 0.2) is 48.5 Å². The van der Waals surface area contributed by atoms with Crippen LogP contribution < -0.4 is 5.32 Å². The van der Waals surface area contributed by atoms with Crippen molar-refractivity contribution in [3.8, 4) is 0 Å². The van der Waals surface area contributed by atoms with Crippen LogP contribution in [-0.2, 0) is 6.54 Å². The van der Waals surface area contributed by atoms with Crippen molar-refractivity contribution in [2.24, 2.45) is 17.8 Å². The molecule has 2 saturated carbocycles. The molecular weight excluding hydrogens is 376 g/mol. The van der Waals surface area contributed by atoms with Crippen molar-refractivity contribution >= 4 is 17.7 Å². The molecule has 0 radical (unpaired) electrons. The van der Waals surface area contributed by atoms with Gasteiger partial charge in [0.05, 0.1) is 17.7 Å². The number of hydrogen-bond donors (Lipinski definition) is 1. The molecule has 3 amide bonds. The molecule has 5 heteroatoms. The number of benzene rings is 2. The molecule has 1 N–H and O–H groups in total. The molecule has 1 aliphatic heterocycles. The summed E-state index contributed by atoms with van der Waals surface area (Å²) in [5.74, 6) is 1.53. The highest BCUT2D eigenvalue weighted by atomic mass is 16.2. The first-order valence-corrected chi connectivity index (χ1v) is 10.9. The van der Waals surface area contributed by atoms with Crippen LogP contribution in [0.5, 0.6) is 0 Å². The van der Waals surface area contributed by atoms with E-state index in [2.05, 4.69) is 12.2 Å². The van der Waals surface area contributed by atoms with Crippen molar-refractivity contribution in [1.82, 2.24) is 10.2 Å². The lowest BCUT2D eigenvalue weighted by molar-refractivity contribution is 0.0642. The maximum Gasteiger partial charge on any atom is 0.261 e. The molecule has 3 aliphatic rings. The second-order valence-corrected chi connectivity index (χ2v) is 9.04. The summed E-state index contributed by atoms with van der Waals surface area (Å²) in [7, 11) is 0. The number of nitrogens with one attached hydrogen (secondary N) is 1. The van der Waals surface area contributed by atoms with Gasteiger partial charge in [0.1, 0.15) is 0 Å². The molecule has 5 rings (SSSR count). The van der Waals surface area contributed by atoms with Gasteiger partial charge in [0.2, 0.25) is 0 Å². The minimum atomic E-state index is -0.282. The van der Waals surface area contributed by atoms with Crippen LogP contribution >= 0.6 is 0 Å². The van der Waals surface area contributed by atoms with Crippen LogP contribution in [0.1, 0.15) is 69.2 Å². The quantitative estimate of drug-likeness (QED) is 0.768. The van der Waals surface area contributed by atoms with Crippen molar-refractivity contribution in [2.75, 3.05) is 0 Å². The fourth-order valence-corrected chi connectivity index (χ4v) is 5.68. The number of carbonyl (C=O) groups is 3. The first-order valence-electron chi connectivity index (χ1n) is 10.9. The van der Waals surface area contributed by atoms with Gasteiger partial charge in [-0.3, -0.25) is 19.3 Å². The second-order valence-electron chi connectivity index (χ2n) is 9.04. The van der Waals surface area contributed by atoms with E-state index in [9.17, 15) is 14.4 Å². The van der Waals surface area contributed by atoms with Gasteiger partial charge >= 0.3 is 0 Å². The molecular formula is C25H26N2O3. The van der Waals surface area contributed by atoms with E-state index < -0.39 is 0 Å². The Morgan fingerprint density at radius 2 is 1.77 bits per heavy atom. The number of nitrogens with zero attached hydrogens (tertiary/aromatic N) is 1. The number of hydrogen-bond acceptors (Lipinski definition) is 3. The highest BCUT2D eigenvalue weighted by Crippen LogP contribution is 2.49. The van der Waals surface area contributed by atoms with E-state index in [4.69, 9.17) is 0 Å². The van der Waals surface area contributed by atoms with Crippen LogP contribution in [0.25, 0.3) is 0 Å². The van der Waals surface area contributed by atoms with Gasteiger partial charge in [-0.1, -0.05) is 30.7 Å². The molecule has 4 unspecified atom stereocenters. The molecule has 5 nitrogen and oxygen atoms in total. The Morgan fingerprint density at radius 3 is 2.40 bits per heavy atom.